The summed E-state index contributed by atoms with van der Waals surface area (Å²) in [6.45, 7) is 0. The van der Waals surface area contributed by atoms with E-state index in [4.69, 9.17) is 5.11 Å². The molecule has 1 atom stereocenters. The maximum Gasteiger partial charge on any atom is 0.426 e. The molecule has 0 fully saturated rings. The first-order chi connectivity index (χ1) is 7.99. The molecule has 0 aliphatic carbocycles. The van der Waals surface area contributed by atoms with Crippen LogP contribution < -0.4 is 0 Å². The van der Waals surface area contributed by atoms with Crippen molar-refractivity contribution in [1.29, 1.82) is 0 Å². The first-order valence-electron chi connectivity index (χ1n) is 4.56. The lowest BCUT2D eigenvalue weighted by Crippen LogP contribution is -2.57. The average molecular weight is 294 g/mol. The Morgan fingerprint density at radius 2 is 1.61 bits per heavy atom. The van der Waals surface area contributed by atoms with Crippen molar-refractivity contribution in [3.63, 3.8) is 0 Å². The number of aliphatic hydroxyl groups excluding tert-OH is 1. The Morgan fingerprint density at radius 1 is 1.11 bits per heavy atom. The van der Waals surface area contributed by atoms with Gasteiger partial charge in [-0.2, -0.15) is 26.3 Å². The van der Waals surface area contributed by atoms with E-state index in [0.29, 0.717) is 0 Å². The number of hydrogen-bond acceptors (Lipinski definition) is 3. The Morgan fingerprint density at radius 3 is 1.94 bits per heavy atom. The number of hydrogen-bond donors (Lipinski definition) is 2. The van der Waals surface area contributed by atoms with Gasteiger partial charge in [0.05, 0.1) is 6.10 Å². The van der Waals surface area contributed by atoms with Gasteiger partial charge in [-0.3, -0.25) is 0 Å². The van der Waals surface area contributed by atoms with Gasteiger partial charge < -0.3 is 10.2 Å². The van der Waals surface area contributed by atoms with E-state index in [1.807, 2.05) is 0 Å². The van der Waals surface area contributed by atoms with E-state index in [-0.39, 0.29) is 4.88 Å². The molecule has 0 aliphatic rings. The fourth-order valence-corrected chi connectivity index (χ4v) is 1.97. The number of halogens is 6. The van der Waals surface area contributed by atoms with Crippen molar-refractivity contribution in [3.05, 3.63) is 22.4 Å². The van der Waals surface area contributed by atoms with Gasteiger partial charge in [-0.25, -0.2) is 0 Å². The van der Waals surface area contributed by atoms with E-state index < -0.39 is 30.5 Å². The molecule has 0 radical (unpaired) electrons. The van der Waals surface area contributed by atoms with Crippen LogP contribution in [0.25, 0.3) is 0 Å². The second-order valence-corrected chi connectivity index (χ2v) is 4.57. The zero-order valence-electron chi connectivity index (χ0n) is 8.59. The molecule has 1 aromatic heterocycles. The molecule has 9 heteroatoms. The largest absolute Gasteiger partial charge is 0.426 e. The highest BCUT2D eigenvalue weighted by Gasteiger charge is 2.70. The lowest BCUT2D eigenvalue weighted by atomic mass is 9.94. The predicted molar refractivity (Wildman–Crippen MR) is 51.0 cm³/mol. The molecule has 1 unspecified atom stereocenters. The molecule has 0 saturated carbocycles. The second kappa shape index (κ2) is 4.71. The molecule has 18 heavy (non-hydrogen) atoms. The molecule has 0 saturated heterocycles. The highest BCUT2D eigenvalue weighted by molar-refractivity contribution is 7.10. The summed E-state index contributed by atoms with van der Waals surface area (Å²) in [6.07, 6.45) is -15.8. The van der Waals surface area contributed by atoms with Gasteiger partial charge in [0.2, 0.25) is 0 Å². The van der Waals surface area contributed by atoms with Crippen LogP contribution in [-0.4, -0.2) is 28.2 Å². The van der Waals surface area contributed by atoms with Crippen molar-refractivity contribution in [2.75, 3.05) is 0 Å². The molecule has 2 nitrogen and oxygen atoms in total. The van der Waals surface area contributed by atoms with E-state index in [1.54, 1.807) is 0 Å². The number of aliphatic hydroxyl groups is 2. The average Bonchev–Trinajstić information content (AvgIpc) is 2.66. The highest BCUT2D eigenvalue weighted by atomic mass is 32.1. The van der Waals surface area contributed by atoms with Crippen molar-refractivity contribution in [2.24, 2.45) is 0 Å². The summed E-state index contributed by atoms with van der Waals surface area (Å²) in [5, 5.41) is 19.6. The fourth-order valence-electron chi connectivity index (χ4n) is 1.25. The van der Waals surface area contributed by atoms with E-state index in [0.717, 1.165) is 11.3 Å². The van der Waals surface area contributed by atoms with Crippen LogP contribution >= 0.6 is 11.3 Å². The zero-order valence-corrected chi connectivity index (χ0v) is 9.40. The molecular formula is C9H8F6O2S. The second-order valence-electron chi connectivity index (χ2n) is 3.59. The first kappa shape index (κ1) is 15.3. The monoisotopic (exact) mass is 294 g/mol. The smallest absolute Gasteiger partial charge is 0.387 e. The minimum absolute atomic E-state index is 0.0816. The Bertz CT molecular complexity index is 369. The van der Waals surface area contributed by atoms with Crippen molar-refractivity contribution in [3.8, 4) is 0 Å². The minimum atomic E-state index is -5.91. The summed E-state index contributed by atoms with van der Waals surface area (Å²) in [5.74, 6) is 0. The molecule has 1 aromatic rings. The summed E-state index contributed by atoms with van der Waals surface area (Å²) < 4.78 is 73.9. The van der Waals surface area contributed by atoms with Crippen LogP contribution in [0.5, 0.6) is 0 Å². The Kier molecular flexibility index (Phi) is 3.99. The van der Waals surface area contributed by atoms with E-state index >= 15 is 0 Å². The van der Waals surface area contributed by atoms with E-state index in [2.05, 4.69) is 0 Å². The molecular weight excluding hydrogens is 286 g/mol. The molecule has 0 aromatic carbocycles. The van der Waals surface area contributed by atoms with Crippen LogP contribution in [0.3, 0.4) is 0 Å². The molecule has 0 amide bonds. The van der Waals surface area contributed by atoms with Crippen molar-refractivity contribution < 1.29 is 36.6 Å². The van der Waals surface area contributed by atoms with Crippen molar-refractivity contribution in [1.82, 2.24) is 0 Å². The molecule has 1 rings (SSSR count). The third-order valence-electron chi connectivity index (χ3n) is 2.30. The maximum absolute atomic E-state index is 12.3. The van der Waals surface area contributed by atoms with Crippen LogP contribution in [0.4, 0.5) is 26.3 Å². The Labute approximate surface area is 101 Å². The van der Waals surface area contributed by atoms with Gasteiger partial charge in [0.25, 0.3) is 5.60 Å². The third kappa shape index (κ3) is 2.78. The van der Waals surface area contributed by atoms with Crippen molar-refractivity contribution in [2.45, 2.75) is 30.5 Å². The maximum atomic E-state index is 12.3. The van der Waals surface area contributed by atoms with Gasteiger partial charge in [-0.05, 0) is 11.4 Å². The Balaban J connectivity index is 3.01. The predicted octanol–water partition coefficient (Wildman–Crippen LogP) is 3.03. The standard InChI is InChI=1S/C9H8F6O2S/c10-8(11,12)7(17,9(13,14)15)4-5(16)6-2-1-3-18-6/h1-3,5,16-17H,4H2. The third-order valence-corrected chi connectivity index (χ3v) is 3.27. The highest BCUT2D eigenvalue weighted by Crippen LogP contribution is 2.47. The Hall–Kier alpha value is -0.800. The van der Waals surface area contributed by atoms with Gasteiger partial charge in [0.1, 0.15) is 0 Å². The van der Waals surface area contributed by atoms with Gasteiger partial charge in [-0.1, -0.05) is 6.07 Å². The van der Waals surface area contributed by atoms with E-state index in [9.17, 15) is 31.4 Å². The van der Waals surface area contributed by atoms with Crippen molar-refractivity contribution >= 4 is 11.3 Å². The summed E-state index contributed by atoms with van der Waals surface area (Å²) in [4.78, 5) is -0.0816. The molecule has 0 spiro atoms. The van der Waals surface area contributed by atoms with Crippen LogP contribution in [0.2, 0.25) is 0 Å². The minimum Gasteiger partial charge on any atom is -0.387 e. The number of alkyl halides is 6. The summed E-state index contributed by atoms with van der Waals surface area (Å²) in [7, 11) is 0. The normalized spacial score (nSPS) is 15.8. The number of rotatable bonds is 3. The SMILES string of the molecule is OC(CC(O)(C(F)(F)F)C(F)(F)F)c1cccs1. The lowest BCUT2D eigenvalue weighted by Gasteiger charge is -2.33. The van der Waals surface area contributed by atoms with Crippen LogP contribution in [0, 0.1) is 0 Å². The van der Waals surface area contributed by atoms with Crippen LogP contribution in [0.15, 0.2) is 17.5 Å². The zero-order chi connectivity index (χ0) is 14.2. The molecule has 2 N–H and O–H groups in total. The van der Waals surface area contributed by atoms with Gasteiger partial charge in [0, 0.05) is 11.3 Å². The quantitative estimate of drug-likeness (QED) is 0.841. The van der Waals surface area contributed by atoms with Gasteiger partial charge in [-0.15, -0.1) is 11.3 Å². The van der Waals surface area contributed by atoms with Gasteiger partial charge in [0.15, 0.2) is 0 Å². The van der Waals surface area contributed by atoms with Gasteiger partial charge >= 0.3 is 12.4 Å². The molecule has 104 valence electrons. The van der Waals surface area contributed by atoms with Crippen LogP contribution in [-0.2, 0) is 0 Å². The van der Waals surface area contributed by atoms with E-state index in [1.165, 1.54) is 17.5 Å². The summed E-state index contributed by atoms with van der Waals surface area (Å²) in [6, 6.07) is 2.55. The summed E-state index contributed by atoms with van der Waals surface area (Å²) >= 11 is 0.797. The topological polar surface area (TPSA) is 40.5 Å². The number of thiophene rings is 1. The van der Waals surface area contributed by atoms with Crippen LogP contribution in [0.1, 0.15) is 17.4 Å². The lowest BCUT2D eigenvalue weighted by molar-refractivity contribution is -0.374. The molecule has 1 heterocycles. The summed E-state index contributed by atoms with van der Waals surface area (Å²) in [5.41, 5.74) is -4.93. The molecule has 0 bridgehead atoms. The molecule has 0 aliphatic heterocycles. The first-order valence-corrected chi connectivity index (χ1v) is 5.44. The fraction of sp³-hybridized carbons (Fsp3) is 0.556.